The van der Waals surface area contributed by atoms with Crippen molar-refractivity contribution in [2.75, 3.05) is 30.4 Å². The minimum atomic E-state index is -0.783. The molecule has 13 heteroatoms. The summed E-state index contributed by atoms with van der Waals surface area (Å²) in [6.07, 6.45) is 0.895. The molecule has 0 spiro atoms. The monoisotopic (exact) mass is 522 g/mol. The van der Waals surface area contributed by atoms with E-state index in [9.17, 15) is 25.0 Å². The van der Waals surface area contributed by atoms with Crippen LogP contribution in [0.25, 0.3) is 0 Å². The fourth-order valence-corrected chi connectivity index (χ4v) is 3.59. The highest BCUT2D eigenvalue weighted by Gasteiger charge is 2.24. The van der Waals surface area contributed by atoms with Crippen LogP contribution in [0.3, 0.4) is 0 Å². The molecule has 0 bridgehead atoms. The molecule has 1 N–H and O–H groups in total. The minimum absolute atomic E-state index is 0.0249. The molecule has 176 valence electrons. The molecule has 2 rings (SSSR count). The van der Waals surface area contributed by atoms with E-state index in [-0.39, 0.29) is 21.8 Å². The molecule has 0 unspecified atom stereocenters. The molecule has 0 heterocycles. The Kier molecular flexibility index (Phi) is 8.79. The summed E-state index contributed by atoms with van der Waals surface area (Å²) in [5.41, 5.74) is 0.00322. The average molecular weight is 523 g/mol. The number of non-ortho nitro benzene ring substituents is 1. The van der Waals surface area contributed by atoms with E-state index in [1.54, 1.807) is 12.1 Å². The lowest BCUT2D eigenvalue weighted by atomic mass is 10.2. The fraction of sp³-hybridized carbons (Fsp3) is 0.350. The molecule has 0 atom stereocenters. The Morgan fingerprint density at radius 1 is 1.15 bits per heavy atom. The van der Waals surface area contributed by atoms with Gasteiger partial charge in [-0.05, 0) is 35.3 Å². The van der Waals surface area contributed by atoms with Gasteiger partial charge in [-0.25, -0.2) is 0 Å². The number of nitrogens with one attached hydrogen (secondary N) is 1. The maximum absolute atomic E-state index is 11.8. The van der Waals surface area contributed by atoms with E-state index in [2.05, 4.69) is 36.4 Å². The minimum Gasteiger partial charge on any atom is -0.494 e. The number of halogens is 1. The summed E-state index contributed by atoms with van der Waals surface area (Å²) < 4.78 is 5.53. The molecule has 0 saturated carbocycles. The van der Waals surface area contributed by atoms with Crippen molar-refractivity contribution in [3.05, 3.63) is 49.0 Å². The fourth-order valence-electron chi connectivity index (χ4n) is 3.08. The van der Waals surface area contributed by atoms with Gasteiger partial charge in [0.2, 0.25) is 5.91 Å². The molecule has 0 aromatic heterocycles. The second-order valence-electron chi connectivity index (χ2n) is 6.81. The average Bonchev–Trinajstić information content (AvgIpc) is 2.75. The zero-order chi connectivity index (χ0) is 24.7. The topological polar surface area (TPSA) is 153 Å². The maximum Gasteiger partial charge on any atom is 0.304 e. The van der Waals surface area contributed by atoms with Gasteiger partial charge < -0.3 is 15.0 Å². The molecular weight excluding hydrogens is 500 g/mol. The number of nitrogens with zero attached hydrogens (tertiary/aromatic N) is 5. The normalized spacial score (nSPS) is 10.8. The first-order valence-electron chi connectivity index (χ1n) is 9.91. The molecule has 2 aromatic carbocycles. The van der Waals surface area contributed by atoms with Gasteiger partial charge in [-0.3, -0.25) is 25.0 Å². The van der Waals surface area contributed by atoms with Crippen LogP contribution in [0.2, 0.25) is 0 Å². The third-order valence-corrected chi connectivity index (χ3v) is 5.12. The van der Waals surface area contributed by atoms with E-state index in [0.717, 1.165) is 30.8 Å². The molecule has 1 amide bonds. The van der Waals surface area contributed by atoms with Crippen LogP contribution < -0.4 is 15.0 Å². The Morgan fingerprint density at radius 3 is 2.36 bits per heavy atom. The van der Waals surface area contributed by atoms with Gasteiger partial charge in [0.05, 0.1) is 38.9 Å². The van der Waals surface area contributed by atoms with E-state index in [0.29, 0.717) is 18.0 Å². The van der Waals surface area contributed by atoms with E-state index in [4.69, 9.17) is 4.74 Å². The summed E-state index contributed by atoms with van der Waals surface area (Å²) in [5, 5.41) is 33.3. The third kappa shape index (κ3) is 6.22. The number of anilines is 2. The second-order valence-corrected chi connectivity index (χ2v) is 7.67. The number of ether oxygens (including phenoxy) is 1. The number of amides is 1. The molecule has 0 aliphatic carbocycles. The number of hydrogen-bond donors (Lipinski definition) is 1. The van der Waals surface area contributed by atoms with Gasteiger partial charge >= 0.3 is 5.69 Å². The van der Waals surface area contributed by atoms with Crippen molar-refractivity contribution in [3.8, 4) is 5.75 Å². The van der Waals surface area contributed by atoms with E-state index < -0.39 is 21.2 Å². The standard InChI is InChI=1S/C20H23BrN6O6/c1-5-7-25(6-2)17-10-15(22-12(3)28)16(11-19(17)33-4)23-24-20-14(21)8-13(26(29)30)9-18(20)27(31)32/h8-11H,5-7H2,1-4H3,(H,22,28). The van der Waals surface area contributed by atoms with E-state index in [1.165, 1.54) is 14.0 Å². The van der Waals surface area contributed by atoms with E-state index in [1.807, 2.05) is 13.8 Å². The lowest BCUT2D eigenvalue weighted by molar-refractivity contribution is -0.393. The van der Waals surface area contributed by atoms with Crippen LogP contribution in [0.5, 0.6) is 5.75 Å². The van der Waals surface area contributed by atoms with Crippen molar-refractivity contribution in [1.82, 2.24) is 0 Å². The third-order valence-electron chi connectivity index (χ3n) is 4.52. The van der Waals surface area contributed by atoms with Crippen LogP contribution >= 0.6 is 15.9 Å². The summed E-state index contributed by atoms with van der Waals surface area (Å²) in [6, 6.07) is 5.17. The summed E-state index contributed by atoms with van der Waals surface area (Å²) in [7, 11) is 1.50. The number of nitro benzene ring substituents is 2. The number of carbonyl (C=O) groups excluding carboxylic acids is 1. The largest absolute Gasteiger partial charge is 0.494 e. The highest BCUT2D eigenvalue weighted by molar-refractivity contribution is 9.10. The van der Waals surface area contributed by atoms with Crippen molar-refractivity contribution >= 4 is 56.0 Å². The van der Waals surface area contributed by atoms with Gasteiger partial charge in [-0.2, -0.15) is 0 Å². The molecule has 12 nitrogen and oxygen atoms in total. The van der Waals surface area contributed by atoms with Crippen molar-refractivity contribution in [2.24, 2.45) is 10.2 Å². The Bertz CT molecular complexity index is 1110. The Labute approximate surface area is 198 Å². The zero-order valence-electron chi connectivity index (χ0n) is 18.5. The van der Waals surface area contributed by atoms with Crippen molar-refractivity contribution in [2.45, 2.75) is 27.2 Å². The predicted molar refractivity (Wildman–Crippen MR) is 127 cm³/mol. The number of azo groups is 1. The molecule has 0 saturated heterocycles. The summed E-state index contributed by atoms with van der Waals surface area (Å²) in [4.78, 5) is 34.8. The van der Waals surface area contributed by atoms with Crippen LogP contribution in [-0.4, -0.2) is 36.0 Å². The smallest absolute Gasteiger partial charge is 0.304 e. The van der Waals surface area contributed by atoms with Gasteiger partial charge in [0.15, 0.2) is 5.69 Å². The first kappa shape index (κ1) is 25.6. The van der Waals surface area contributed by atoms with E-state index >= 15 is 0 Å². The molecule has 0 aliphatic heterocycles. The van der Waals surface area contributed by atoms with Crippen LogP contribution in [-0.2, 0) is 4.79 Å². The van der Waals surface area contributed by atoms with Crippen molar-refractivity contribution < 1.29 is 19.4 Å². The number of rotatable bonds is 10. The Morgan fingerprint density at radius 2 is 1.85 bits per heavy atom. The first-order chi connectivity index (χ1) is 15.6. The zero-order valence-corrected chi connectivity index (χ0v) is 20.1. The molecule has 33 heavy (non-hydrogen) atoms. The highest BCUT2D eigenvalue weighted by Crippen LogP contribution is 2.42. The van der Waals surface area contributed by atoms with Crippen molar-refractivity contribution in [3.63, 3.8) is 0 Å². The maximum atomic E-state index is 11.8. The summed E-state index contributed by atoms with van der Waals surface area (Å²) >= 11 is 3.09. The molecular formula is C20H23BrN6O6. The van der Waals surface area contributed by atoms with Crippen LogP contribution in [0.1, 0.15) is 27.2 Å². The van der Waals surface area contributed by atoms with Crippen LogP contribution in [0.15, 0.2) is 39.0 Å². The van der Waals surface area contributed by atoms with Gasteiger partial charge in [-0.15, -0.1) is 10.2 Å². The first-order valence-corrected chi connectivity index (χ1v) is 10.7. The SMILES string of the molecule is CCCN(CC)c1cc(NC(C)=O)c(N=Nc2c(Br)cc([N+](=O)[O-])cc2[N+](=O)[O-])cc1OC. The Balaban J connectivity index is 2.66. The van der Waals surface area contributed by atoms with Gasteiger partial charge in [0.25, 0.3) is 5.69 Å². The Hall–Kier alpha value is -3.61. The highest BCUT2D eigenvalue weighted by atomic mass is 79.9. The van der Waals surface area contributed by atoms with Crippen LogP contribution in [0.4, 0.5) is 34.1 Å². The second kappa shape index (κ2) is 11.3. The molecule has 0 aliphatic rings. The van der Waals surface area contributed by atoms with Gasteiger partial charge in [0.1, 0.15) is 11.4 Å². The molecule has 0 fully saturated rings. The summed E-state index contributed by atoms with van der Waals surface area (Å²) in [5.74, 6) is 0.134. The quantitative estimate of drug-likeness (QED) is 0.232. The summed E-state index contributed by atoms with van der Waals surface area (Å²) in [6.45, 7) is 6.83. The number of carbonyl (C=O) groups is 1. The van der Waals surface area contributed by atoms with Crippen LogP contribution in [0, 0.1) is 20.2 Å². The lowest BCUT2D eigenvalue weighted by Crippen LogP contribution is -2.24. The van der Waals surface area contributed by atoms with Gasteiger partial charge in [-0.1, -0.05) is 6.92 Å². The number of hydrogen-bond acceptors (Lipinski definition) is 9. The molecule has 0 radical (unpaired) electrons. The lowest BCUT2D eigenvalue weighted by Gasteiger charge is -2.25. The number of nitro groups is 2. The number of methoxy groups -OCH3 is 1. The van der Waals surface area contributed by atoms with Crippen molar-refractivity contribution in [1.29, 1.82) is 0 Å². The van der Waals surface area contributed by atoms with Gasteiger partial charge in [0, 0.05) is 32.1 Å². The predicted octanol–water partition coefficient (Wildman–Crippen LogP) is 5.88. The number of benzene rings is 2. The molecule has 2 aromatic rings.